The third-order valence-corrected chi connectivity index (χ3v) is 7.49. The van der Waals surface area contributed by atoms with Crippen LogP contribution >= 0.6 is 0 Å². The highest BCUT2D eigenvalue weighted by Gasteiger charge is 2.31. The minimum absolute atomic E-state index is 0.0715. The number of rotatable bonds is 12. The number of benzene rings is 2. The third-order valence-electron chi connectivity index (χ3n) is 7.49. The first-order chi connectivity index (χ1) is 16.1. The molecule has 0 amide bonds. The summed E-state index contributed by atoms with van der Waals surface area (Å²) in [7, 11) is 0. The molecule has 4 nitrogen and oxygen atoms in total. The van der Waals surface area contributed by atoms with Crippen molar-refractivity contribution >= 4 is 5.57 Å². The van der Waals surface area contributed by atoms with E-state index < -0.39 is 11.7 Å². The van der Waals surface area contributed by atoms with Gasteiger partial charge >= 0.3 is 0 Å². The lowest BCUT2D eigenvalue weighted by Gasteiger charge is -2.34. The molecule has 0 aromatic heterocycles. The Kier molecular flexibility index (Phi) is 9.93. The van der Waals surface area contributed by atoms with Crippen molar-refractivity contribution in [2.75, 3.05) is 13.2 Å². The van der Waals surface area contributed by atoms with Crippen LogP contribution in [0.2, 0.25) is 0 Å². The van der Waals surface area contributed by atoms with Gasteiger partial charge in [-0.25, -0.2) is 0 Å². The van der Waals surface area contributed by atoms with Gasteiger partial charge in [-0.15, -0.1) is 0 Å². The predicted molar refractivity (Wildman–Crippen MR) is 141 cm³/mol. The molecule has 34 heavy (non-hydrogen) atoms. The standard InChI is InChI=1S/C30H44O4/c1-8-29(33,9-2)18-23(7)27-14-12-24(16-21(27)5)30(10-3,11-4)25-13-15-28(22(6)17-25)34-20-26(32)19-31/h12-18,26,31-33H,8-11,19-20H2,1-7H3/t26-/m0/s1. The second kappa shape index (κ2) is 12.0. The largest absolute Gasteiger partial charge is 0.491 e. The van der Waals surface area contributed by atoms with Crippen molar-refractivity contribution < 1.29 is 20.1 Å². The third kappa shape index (κ3) is 6.10. The Labute approximate surface area is 206 Å². The normalized spacial score (nSPS) is 13.8. The quantitative estimate of drug-likeness (QED) is 0.352. The zero-order chi connectivity index (χ0) is 25.5. The van der Waals surface area contributed by atoms with E-state index in [1.54, 1.807) is 0 Å². The minimum atomic E-state index is -0.880. The number of allylic oxidation sites excluding steroid dienone is 1. The van der Waals surface area contributed by atoms with Crippen LogP contribution in [0.3, 0.4) is 0 Å². The summed E-state index contributed by atoms with van der Waals surface area (Å²) < 4.78 is 5.71. The van der Waals surface area contributed by atoms with E-state index in [-0.39, 0.29) is 18.6 Å². The van der Waals surface area contributed by atoms with Gasteiger partial charge in [-0.2, -0.15) is 0 Å². The summed E-state index contributed by atoms with van der Waals surface area (Å²) in [5.41, 5.74) is 6.15. The summed E-state index contributed by atoms with van der Waals surface area (Å²) in [4.78, 5) is 0. The van der Waals surface area contributed by atoms with Crippen LogP contribution in [0.5, 0.6) is 5.75 Å². The Morgan fingerprint density at radius 3 is 1.94 bits per heavy atom. The van der Waals surface area contributed by atoms with Crippen LogP contribution in [0.4, 0.5) is 0 Å². The zero-order valence-corrected chi connectivity index (χ0v) is 22.1. The maximum absolute atomic E-state index is 10.8. The van der Waals surface area contributed by atoms with Crippen LogP contribution in [0.25, 0.3) is 5.57 Å². The van der Waals surface area contributed by atoms with Gasteiger partial charge in [0, 0.05) is 5.41 Å². The number of ether oxygens (including phenoxy) is 1. The molecular formula is C30H44O4. The van der Waals surface area contributed by atoms with Gasteiger partial charge in [0.05, 0.1) is 12.2 Å². The lowest BCUT2D eigenvalue weighted by molar-refractivity contribution is 0.0534. The molecule has 0 unspecified atom stereocenters. The highest BCUT2D eigenvalue weighted by atomic mass is 16.5. The van der Waals surface area contributed by atoms with Crippen molar-refractivity contribution in [2.45, 2.75) is 91.3 Å². The van der Waals surface area contributed by atoms with Gasteiger partial charge in [-0.1, -0.05) is 58.0 Å². The summed E-state index contributed by atoms with van der Waals surface area (Å²) in [6.45, 7) is 14.5. The summed E-state index contributed by atoms with van der Waals surface area (Å²) in [5.74, 6) is 0.726. The Hall–Kier alpha value is -2.14. The van der Waals surface area contributed by atoms with Crippen molar-refractivity contribution in [3.63, 3.8) is 0 Å². The van der Waals surface area contributed by atoms with Crippen LogP contribution in [-0.2, 0) is 5.41 Å². The number of aliphatic hydroxyl groups is 3. The molecule has 0 aliphatic heterocycles. The second-order valence-electron chi connectivity index (χ2n) is 9.58. The van der Waals surface area contributed by atoms with E-state index in [9.17, 15) is 10.2 Å². The lowest BCUT2D eigenvalue weighted by atomic mass is 9.69. The highest BCUT2D eigenvalue weighted by molar-refractivity contribution is 5.68. The molecule has 1 atom stereocenters. The molecule has 0 aliphatic rings. The topological polar surface area (TPSA) is 69.9 Å². The Bertz CT molecular complexity index is 968. The summed E-state index contributed by atoms with van der Waals surface area (Å²) in [6.07, 6.45) is 4.46. The van der Waals surface area contributed by atoms with E-state index in [2.05, 4.69) is 58.0 Å². The maximum atomic E-state index is 10.8. The van der Waals surface area contributed by atoms with Gasteiger partial charge in [0.25, 0.3) is 0 Å². The van der Waals surface area contributed by atoms with Crippen molar-refractivity contribution in [1.82, 2.24) is 0 Å². The molecule has 0 radical (unpaired) electrons. The van der Waals surface area contributed by atoms with Crippen molar-refractivity contribution in [1.29, 1.82) is 0 Å². The number of aryl methyl sites for hydroxylation is 2. The van der Waals surface area contributed by atoms with E-state index in [0.29, 0.717) is 12.8 Å². The summed E-state index contributed by atoms with van der Waals surface area (Å²) in [6, 6.07) is 13.0. The highest BCUT2D eigenvalue weighted by Crippen LogP contribution is 2.41. The molecule has 0 saturated carbocycles. The van der Waals surface area contributed by atoms with Crippen LogP contribution in [0.15, 0.2) is 42.5 Å². The fourth-order valence-electron chi connectivity index (χ4n) is 4.92. The van der Waals surface area contributed by atoms with Crippen molar-refractivity contribution in [2.24, 2.45) is 0 Å². The molecule has 0 aliphatic carbocycles. The van der Waals surface area contributed by atoms with Gasteiger partial charge in [-0.3, -0.25) is 0 Å². The SMILES string of the molecule is CCC(O)(C=C(C)c1ccc(C(CC)(CC)c2ccc(OC[C@@H](O)CO)c(C)c2)cc1C)CC. The smallest absolute Gasteiger partial charge is 0.122 e. The molecule has 0 fully saturated rings. The van der Waals surface area contributed by atoms with Gasteiger partial charge in [0.15, 0.2) is 0 Å². The first-order valence-corrected chi connectivity index (χ1v) is 12.7. The fourth-order valence-corrected chi connectivity index (χ4v) is 4.92. The van der Waals surface area contributed by atoms with Gasteiger partial charge in [0.2, 0.25) is 0 Å². The van der Waals surface area contributed by atoms with E-state index in [1.165, 1.54) is 22.3 Å². The van der Waals surface area contributed by atoms with Crippen LogP contribution < -0.4 is 4.74 Å². The molecule has 0 saturated heterocycles. The first-order valence-electron chi connectivity index (χ1n) is 12.7. The van der Waals surface area contributed by atoms with Gasteiger partial charge in [0.1, 0.15) is 18.5 Å². The zero-order valence-electron chi connectivity index (χ0n) is 22.1. The number of aliphatic hydroxyl groups excluding tert-OH is 2. The molecule has 0 heterocycles. The molecule has 0 bridgehead atoms. The first kappa shape index (κ1) is 28.1. The molecule has 188 valence electrons. The number of hydrogen-bond acceptors (Lipinski definition) is 4. The Balaban J connectivity index is 2.45. The molecule has 2 aromatic carbocycles. The predicted octanol–water partition coefficient (Wildman–Crippen LogP) is 6.10. The Morgan fingerprint density at radius 2 is 1.47 bits per heavy atom. The monoisotopic (exact) mass is 468 g/mol. The van der Waals surface area contributed by atoms with Crippen LogP contribution in [0.1, 0.15) is 88.1 Å². The molecular weight excluding hydrogens is 424 g/mol. The summed E-state index contributed by atoms with van der Waals surface area (Å²) in [5, 5.41) is 29.4. The Morgan fingerprint density at radius 1 is 0.912 bits per heavy atom. The molecule has 2 aromatic rings. The molecule has 0 spiro atoms. The number of hydrogen-bond donors (Lipinski definition) is 3. The van der Waals surface area contributed by atoms with E-state index in [4.69, 9.17) is 9.84 Å². The van der Waals surface area contributed by atoms with E-state index >= 15 is 0 Å². The average molecular weight is 469 g/mol. The average Bonchev–Trinajstić information content (AvgIpc) is 2.84. The van der Waals surface area contributed by atoms with E-state index in [1.807, 2.05) is 32.9 Å². The van der Waals surface area contributed by atoms with Gasteiger partial charge < -0.3 is 20.1 Å². The fraction of sp³-hybridized carbons (Fsp3) is 0.533. The van der Waals surface area contributed by atoms with Crippen molar-refractivity contribution in [3.05, 3.63) is 70.3 Å². The molecule has 3 N–H and O–H groups in total. The molecule has 2 rings (SSSR count). The second-order valence-corrected chi connectivity index (χ2v) is 9.58. The lowest BCUT2D eigenvalue weighted by Crippen LogP contribution is -2.27. The minimum Gasteiger partial charge on any atom is -0.491 e. The maximum Gasteiger partial charge on any atom is 0.122 e. The van der Waals surface area contributed by atoms with Crippen LogP contribution in [0, 0.1) is 13.8 Å². The molecule has 4 heteroatoms. The van der Waals surface area contributed by atoms with Crippen molar-refractivity contribution in [3.8, 4) is 5.75 Å². The van der Waals surface area contributed by atoms with Gasteiger partial charge in [-0.05, 0) is 92.0 Å². The summed E-state index contributed by atoms with van der Waals surface area (Å²) >= 11 is 0. The van der Waals surface area contributed by atoms with E-state index in [0.717, 1.165) is 29.7 Å². The van der Waals surface area contributed by atoms with Crippen LogP contribution in [-0.4, -0.2) is 40.2 Å².